The summed E-state index contributed by atoms with van der Waals surface area (Å²) in [5, 5.41) is 2.49. The predicted octanol–water partition coefficient (Wildman–Crippen LogP) is 1.80. The molecule has 1 heterocycles. The number of ether oxygens (including phenoxy) is 1. The summed E-state index contributed by atoms with van der Waals surface area (Å²) in [6, 6.07) is 0. The van der Waals surface area contributed by atoms with Gasteiger partial charge in [0.15, 0.2) is 0 Å². The van der Waals surface area contributed by atoms with E-state index in [-0.39, 0.29) is 12.4 Å². The van der Waals surface area contributed by atoms with Crippen LogP contribution in [0.5, 0.6) is 0 Å². The van der Waals surface area contributed by atoms with Crippen LogP contribution in [0.4, 0.5) is 5.13 Å². The topological polar surface area (TPSA) is 51.5 Å². The van der Waals surface area contributed by atoms with E-state index in [0.29, 0.717) is 11.7 Å². The van der Waals surface area contributed by atoms with Gasteiger partial charge in [0.25, 0.3) is 0 Å². The molecule has 0 fully saturated rings. The predicted molar refractivity (Wildman–Crippen MR) is 51.5 cm³/mol. The van der Waals surface area contributed by atoms with E-state index in [2.05, 4.69) is 9.98 Å². The van der Waals surface area contributed by atoms with Crippen LogP contribution in [0.25, 0.3) is 0 Å². The van der Waals surface area contributed by atoms with Crippen molar-refractivity contribution in [3.05, 3.63) is 11.6 Å². The maximum atomic E-state index is 10.8. The number of esters is 1. The van der Waals surface area contributed by atoms with Gasteiger partial charge in [0.2, 0.25) is 5.13 Å². The SMILES string of the molecule is CCOC(=O)CC=Nc1nccs1. The zero-order valence-electron chi connectivity index (χ0n) is 7.27. The summed E-state index contributed by atoms with van der Waals surface area (Å²) in [5.74, 6) is -0.261. The molecular weight excluding hydrogens is 188 g/mol. The van der Waals surface area contributed by atoms with E-state index in [9.17, 15) is 4.79 Å². The van der Waals surface area contributed by atoms with Gasteiger partial charge in [0, 0.05) is 17.8 Å². The van der Waals surface area contributed by atoms with Crippen LogP contribution in [0, 0.1) is 0 Å². The highest BCUT2D eigenvalue weighted by Gasteiger charge is 1.97. The van der Waals surface area contributed by atoms with Crippen LogP contribution < -0.4 is 0 Å². The summed E-state index contributed by atoms with van der Waals surface area (Å²) >= 11 is 1.43. The molecule has 0 saturated carbocycles. The third-order valence-electron chi connectivity index (χ3n) is 1.18. The van der Waals surface area contributed by atoms with Crippen molar-refractivity contribution in [3.63, 3.8) is 0 Å². The standard InChI is InChI=1S/C8H10N2O2S/c1-2-12-7(11)3-4-9-8-10-5-6-13-8/h4-6H,2-3H2,1H3. The highest BCUT2D eigenvalue weighted by atomic mass is 32.1. The van der Waals surface area contributed by atoms with Gasteiger partial charge in [-0.15, -0.1) is 11.3 Å². The Morgan fingerprint density at radius 1 is 1.85 bits per heavy atom. The van der Waals surface area contributed by atoms with Gasteiger partial charge in [-0.2, -0.15) is 0 Å². The van der Waals surface area contributed by atoms with E-state index in [0.717, 1.165) is 0 Å². The number of aromatic nitrogens is 1. The van der Waals surface area contributed by atoms with Gasteiger partial charge >= 0.3 is 5.97 Å². The van der Waals surface area contributed by atoms with E-state index in [1.807, 2.05) is 5.38 Å². The van der Waals surface area contributed by atoms with Gasteiger partial charge in [-0.25, -0.2) is 9.98 Å². The summed E-state index contributed by atoms with van der Waals surface area (Å²) in [4.78, 5) is 18.7. The van der Waals surface area contributed by atoms with Crippen molar-refractivity contribution >= 4 is 28.7 Å². The summed E-state index contributed by atoms with van der Waals surface area (Å²) in [6.07, 6.45) is 3.38. The quantitative estimate of drug-likeness (QED) is 0.547. The molecule has 13 heavy (non-hydrogen) atoms. The molecule has 0 radical (unpaired) electrons. The summed E-state index contributed by atoms with van der Waals surface area (Å²) < 4.78 is 4.71. The fraction of sp³-hybridized carbons (Fsp3) is 0.375. The monoisotopic (exact) mass is 198 g/mol. The Kier molecular flexibility index (Phi) is 4.11. The second kappa shape index (κ2) is 5.42. The second-order valence-corrected chi connectivity index (χ2v) is 3.01. The summed E-state index contributed by atoms with van der Waals surface area (Å²) in [6.45, 7) is 2.18. The molecule has 0 aliphatic rings. The minimum atomic E-state index is -0.261. The molecule has 0 aliphatic heterocycles. The van der Waals surface area contributed by atoms with Crippen LogP contribution >= 0.6 is 11.3 Å². The molecule has 0 aliphatic carbocycles. The summed E-state index contributed by atoms with van der Waals surface area (Å²) in [5.41, 5.74) is 0. The minimum Gasteiger partial charge on any atom is -0.466 e. The van der Waals surface area contributed by atoms with Gasteiger partial charge < -0.3 is 4.74 Å². The zero-order chi connectivity index (χ0) is 9.52. The van der Waals surface area contributed by atoms with Crippen molar-refractivity contribution < 1.29 is 9.53 Å². The molecule has 70 valence electrons. The van der Waals surface area contributed by atoms with Gasteiger partial charge in [-0.05, 0) is 6.92 Å². The van der Waals surface area contributed by atoms with Gasteiger partial charge in [0.05, 0.1) is 13.0 Å². The Balaban J connectivity index is 2.30. The van der Waals surface area contributed by atoms with Gasteiger partial charge in [-0.3, -0.25) is 4.79 Å². The molecule has 1 aromatic rings. The number of hydrogen-bond acceptors (Lipinski definition) is 5. The number of thiazole rings is 1. The lowest BCUT2D eigenvalue weighted by molar-refractivity contribution is -0.141. The highest BCUT2D eigenvalue weighted by molar-refractivity contribution is 7.13. The molecule has 4 nitrogen and oxygen atoms in total. The molecule has 0 unspecified atom stereocenters. The molecule has 0 bridgehead atoms. The Hall–Kier alpha value is -1.23. The molecular formula is C8H10N2O2S. The maximum Gasteiger partial charge on any atom is 0.311 e. The molecule has 0 atom stereocenters. The Morgan fingerprint density at radius 3 is 3.31 bits per heavy atom. The first-order valence-electron chi connectivity index (χ1n) is 3.90. The smallest absolute Gasteiger partial charge is 0.311 e. The molecule has 0 saturated heterocycles. The van der Waals surface area contributed by atoms with Crippen molar-refractivity contribution in [2.45, 2.75) is 13.3 Å². The third-order valence-corrected chi connectivity index (χ3v) is 1.86. The molecule has 1 aromatic heterocycles. The normalized spacial score (nSPS) is 10.5. The highest BCUT2D eigenvalue weighted by Crippen LogP contribution is 2.13. The van der Waals surface area contributed by atoms with E-state index < -0.39 is 0 Å². The number of carbonyl (C=O) groups excluding carboxylic acids is 1. The largest absolute Gasteiger partial charge is 0.466 e. The Morgan fingerprint density at radius 2 is 2.69 bits per heavy atom. The van der Waals surface area contributed by atoms with Crippen LogP contribution in [-0.4, -0.2) is 23.8 Å². The van der Waals surface area contributed by atoms with Crippen molar-refractivity contribution in [2.24, 2.45) is 4.99 Å². The van der Waals surface area contributed by atoms with Crippen molar-refractivity contribution in [1.82, 2.24) is 4.98 Å². The number of aliphatic imine (C=N–C) groups is 1. The average Bonchev–Trinajstić information content (AvgIpc) is 2.57. The second-order valence-electron chi connectivity index (χ2n) is 2.14. The lowest BCUT2D eigenvalue weighted by Crippen LogP contribution is -2.03. The average molecular weight is 198 g/mol. The van der Waals surface area contributed by atoms with Crippen molar-refractivity contribution in [3.8, 4) is 0 Å². The molecule has 0 amide bonds. The Bertz CT molecular complexity index is 282. The van der Waals surface area contributed by atoms with Gasteiger partial charge in [-0.1, -0.05) is 0 Å². The van der Waals surface area contributed by atoms with Crippen molar-refractivity contribution in [1.29, 1.82) is 0 Å². The first kappa shape index (κ1) is 9.85. The fourth-order valence-corrected chi connectivity index (χ4v) is 1.20. The maximum absolute atomic E-state index is 10.8. The third kappa shape index (κ3) is 3.80. The Labute approximate surface area is 80.3 Å². The number of carbonyl (C=O) groups is 1. The van der Waals surface area contributed by atoms with E-state index >= 15 is 0 Å². The molecule has 0 aromatic carbocycles. The van der Waals surface area contributed by atoms with Crippen LogP contribution in [0.3, 0.4) is 0 Å². The molecule has 0 N–H and O–H groups in total. The first-order chi connectivity index (χ1) is 6.33. The van der Waals surface area contributed by atoms with Crippen LogP contribution in [0.1, 0.15) is 13.3 Å². The minimum absolute atomic E-state index is 0.202. The molecule has 5 heteroatoms. The van der Waals surface area contributed by atoms with E-state index in [4.69, 9.17) is 4.74 Å². The number of nitrogens with zero attached hydrogens (tertiary/aromatic N) is 2. The number of hydrogen-bond donors (Lipinski definition) is 0. The van der Waals surface area contributed by atoms with Crippen LogP contribution in [0.15, 0.2) is 16.6 Å². The first-order valence-corrected chi connectivity index (χ1v) is 4.78. The lowest BCUT2D eigenvalue weighted by atomic mass is 10.5. The summed E-state index contributed by atoms with van der Waals surface area (Å²) in [7, 11) is 0. The molecule has 0 spiro atoms. The molecule has 1 rings (SSSR count). The fourth-order valence-electron chi connectivity index (χ4n) is 0.698. The number of rotatable bonds is 4. The van der Waals surface area contributed by atoms with Crippen LogP contribution in [0.2, 0.25) is 0 Å². The van der Waals surface area contributed by atoms with Gasteiger partial charge in [0.1, 0.15) is 0 Å². The van der Waals surface area contributed by atoms with E-state index in [1.165, 1.54) is 17.6 Å². The van der Waals surface area contributed by atoms with Crippen LogP contribution in [-0.2, 0) is 9.53 Å². The zero-order valence-corrected chi connectivity index (χ0v) is 8.08. The van der Waals surface area contributed by atoms with Crippen molar-refractivity contribution in [2.75, 3.05) is 6.61 Å². The lowest BCUT2D eigenvalue weighted by Gasteiger charge is -1.95. The van der Waals surface area contributed by atoms with E-state index in [1.54, 1.807) is 13.1 Å².